The molecule has 0 bridgehead atoms. The monoisotopic (exact) mass is 355 g/mol. The number of carbonyl (C=O) groups excluding carboxylic acids is 1. The minimum atomic E-state index is -2.63. The van der Waals surface area contributed by atoms with E-state index in [0.29, 0.717) is 37.4 Å². The molecule has 2 saturated heterocycles. The van der Waals surface area contributed by atoms with Crippen molar-refractivity contribution in [3.8, 4) is 0 Å². The number of likely N-dealkylation sites (tertiary alicyclic amines) is 2. The zero-order valence-corrected chi connectivity index (χ0v) is 15.4. The highest BCUT2D eigenvalue weighted by Crippen LogP contribution is 2.35. The van der Waals surface area contributed by atoms with Gasteiger partial charge in [-0.15, -0.1) is 0 Å². The van der Waals surface area contributed by atoms with E-state index in [1.165, 1.54) is 0 Å². The van der Waals surface area contributed by atoms with Crippen LogP contribution in [0.3, 0.4) is 0 Å². The van der Waals surface area contributed by atoms with E-state index in [2.05, 4.69) is 5.10 Å². The minimum Gasteiger partial charge on any atom is -0.335 e. The molecule has 3 rings (SSSR count). The van der Waals surface area contributed by atoms with Crippen molar-refractivity contribution in [1.82, 2.24) is 24.5 Å². The molecule has 0 radical (unpaired) electrons. The molecule has 0 N–H and O–H groups in total. The van der Waals surface area contributed by atoms with Gasteiger partial charge >= 0.3 is 0 Å². The SMILES string of the molecule is CCn1cc(C(=O)N2CC(N3CC(F)(F)C[C@H]3CN(C)C)C2)c(C)n1. The standard InChI is InChI=1S/C17H27F2N5O/c1-5-23-10-15(12(2)20-23)16(25)22-8-14(9-22)24-11-17(18,19)6-13(24)7-21(3)4/h10,13-14H,5-9,11H2,1-4H3/t13-/m0/s1. The molecule has 1 aromatic rings. The van der Waals surface area contributed by atoms with Gasteiger partial charge in [-0.3, -0.25) is 14.4 Å². The Kier molecular flexibility index (Phi) is 4.85. The van der Waals surface area contributed by atoms with Crippen LogP contribution in [0, 0.1) is 6.92 Å². The summed E-state index contributed by atoms with van der Waals surface area (Å²) < 4.78 is 29.5. The van der Waals surface area contributed by atoms with Crippen molar-refractivity contribution < 1.29 is 13.6 Å². The van der Waals surface area contributed by atoms with Crippen LogP contribution in [0.15, 0.2) is 6.20 Å². The predicted molar refractivity (Wildman–Crippen MR) is 90.9 cm³/mol. The molecule has 1 amide bonds. The Morgan fingerprint density at radius 1 is 1.40 bits per heavy atom. The Balaban J connectivity index is 1.62. The van der Waals surface area contributed by atoms with Gasteiger partial charge in [0, 0.05) is 50.9 Å². The van der Waals surface area contributed by atoms with Crippen LogP contribution >= 0.6 is 0 Å². The number of rotatable bonds is 5. The number of aryl methyl sites for hydroxylation is 2. The van der Waals surface area contributed by atoms with Gasteiger partial charge in [-0.2, -0.15) is 5.10 Å². The van der Waals surface area contributed by atoms with Crippen molar-refractivity contribution in [3.63, 3.8) is 0 Å². The molecule has 2 aliphatic rings. The molecular weight excluding hydrogens is 328 g/mol. The molecule has 25 heavy (non-hydrogen) atoms. The Morgan fingerprint density at radius 2 is 2.08 bits per heavy atom. The van der Waals surface area contributed by atoms with E-state index in [0.717, 1.165) is 0 Å². The summed E-state index contributed by atoms with van der Waals surface area (Å²) in [6.07, 6.45) is 1.67. The summed E-state index contributed by atoms with van der Waals surface area (Å²) in [5, 5.41) is 4.31. The average molecular weight is 355 g/mol. The summed E-state index contributed by atoms with van der Waals surface area (Å²) in [4.78, 5) is 18.2. The van der Waals surface area contributed by atoms with Gasteiger partial charge in [0.2, 0.25) is 0 Å². The number of aromatic nitrogens is 2. The normalized spacial score (nSPS) is 24.1. The Bertz CT molecular complexity index is 639. The number of carbonyl (C=O) groups is 1. The highest BCUT2D eigenvalue weighted by molar-refractivity contribution is 5.95. The first-order valence-corrected chi connectivity index (χ1v) is 8.82. The Hall–Kier alpha value is -1.54. The van der Waals surface area contributed by atoms with Crippen molar-refractivity contribution in [2.75, 3.05) is 40.3 Å². The Morgan fingerprint density at radius 3 is 2.64 bits per heavy atom. The fourth-order valence-corrected chi connectivity index (χ4v) is 3.83. The predicted octanol–water partition coefficient (Wildman–Crippen LogP) is 1.31. The van der Waals surface area contributed by atoms with Gasteiger partial charge in [0.05, 0.1) is 17.8 Å². The van der Waals surface area contributed by atoms with Crippen LogP contribution in [-0.4, -0.2) is 88.7 Å². The number of nitrogens with zero attached hydrogens (tertiary/aromatic N) is 5. The molecule has 1 aromatic heterocycles. The number of hydrogen-bond acceptors (Lipinski definition) is 4. The van der Waals surface area contributed by atoms with E-state index >= 15 is 0 Å². The van der Waals surface area contributed by atoms with Gasteiger partial charge < -0.3 is 9.80 Å². The maximum absolute atomic E-state index is 13.9. The van der Waals surface area contributed by atoms with E-state index in [9.17, 15) is 13.6 Å². The lowest BCUT2D eigenvalue weighted by Gasteiger charge is -2.46. The third-order valence-corrected chi connectivity index (χ3v) is 5.11. The third-order valence-electron chi connectivity index (χ3n) is 5.11. The second-order valence-corrected chi connectivity index (χ2v) is 7.50. The van der Waals surface area contributed by atoms with Gasteiger partial charge in [-0.1, -0.05) is 0 Å². The molecular formula is C17H27F2N5O. The maximum atomic E-state index is 13.9. The van der Waals surface area contributed by atoms with Crippen LogP contribution in [0.25, 0.3) is 0 Å². The molecule has 0 unspecified atom stereocenters. The van der Waals surface area contributed by atoms with Crippen LogP contribution in [0.1, 0.15) is 29.4 Å². The molecule has 1 atom stereocenters. The number of hydrogen-bond donors (Lipinski definition) is 0. The summed E-state index contributed by atoms with van der Waals surface area (Å²) in [6, 6.07) is -0.138. The minimum absolute atomic E-state index is 0.0174. The number of amides is 1. The van der Waals surface area contributed by atoms with Crippen LogP contribution in [-0.2, 0) is 6.54 Å². The fourth-order valence-electron chi connectivity index (χ4n) is 3.83. The van der Waals surface area contributed by atoms with Crippen molar-refractivity contribution in [1.29, 1.82) is 0 Å². The molecule has 0 aliphatic carbocycles. The maximum Gasteiger partial charge on any atom is 0.262 e. The second-order valence-electron chi connectivity index (χ2n) is 7.50. The zero-order valence-electron chi connectivity index (χ0n) is 15.4. The summed E-state index contributed by atoms with van der Waals surface area (Å²) in [6.45, 7) is 5.94. The lowest BCUT2D eigenvalue weighted by Crippen LogP contribution is -2.63. The van der Waals surface area contributed by atoms with Crippen LogP contribution in [0.5, 0.6) is 0 Å². The largest absolute Gasteiger partial charge is 0.335 e. The Labute approximate surface area is 147 Å². The molecule has 140 valence electrons. The van der Waals surface area contributed by atoms with Gasteiger partial charge in [-0.25, -0.2) is 8.78 Å². The molecule has 8 heteroatoms. The van der Waals surface area contributed by atoms with E-state index in [1.54, 1.807) is 15.8 Å². The van der Waals surface area contributed by atoms with E-state index in [1.807, 2.05) is 37.7 Å². The zero-order chi connectivity index (χ0) is 18.4. The lowest BCUT2D eigenvalue weighted by molar-refractivity contribution is -0.0115. The van der Waals surface area contributed by atoms with Crippen molar-refractivity contribution in [3.05, 3.63) is 17.5 Å². The number of likely N-dealkylation sites (N-methyl/N-ethyl adjacent to an activating group) is 1. The highest BCUT2D eigenvalue weighted by atomic mass is 19.3. The van der Waals surface area contributed by atoms with Crippen LogP contribution in [0.2, 0.25) is 0 Å². The summed E-state index contributed by atoms with van der Waals surface area (Å²) in [7, 11) is 3.80. The van der Waals surface area contributed by atoms with E-state index < -0.39 is 5.92 Å². The number of halogens is 2. The fraction of sp³-hybridized carbons (Fsp3) is 0.765. The molecule has 0 saturated carbocycles. The molecule has 2 fully saturated rings. The van der Waals surface area contributed by atoms with Crippen molar-refractivity contribution >= 4 is 5.91 Å². The van der Waals surface area contributed by atoms with Gasteiger partial charge in [-0.05, 0) is 27.9 Å². The first-order chi connectivity index (χ1) is 11.7. The summed E-state index contributed by atoms with van der Waals surface area (Å²) in [5.74, 6) is -2.69. The first kappa shape index (κ1) is 18.3. The highest BCUT2D eigenvalue weighted by Gasteiger charge is 2.50. The molecule has 0 aromatic carbocycles. The summed E-state index contributed by atoms with van der Waals surface area (Å²) >= 11 is 0. The van der Waals surface area contributed by atoms with Crippen LogP contribution in [0.4, 0.5) is 8.78 Å². The topological polar surface area (TPSA) is 44.6 Å². The quantitative estimate of drug-likeness (QED) is 0.799. The van der Waals surface area contributed by atoms with Gasteiger partial charge in [0.1, 0.15) is 0 Å². The van der Waals surface area contributed by atoms with Crippen molar-refractivity contribution in [2.24, 2.45) is 0 Å². The molecule has 2 aliphatic heterocycles. The second kappa shape index (κ2) is 6.64. The van der Waals surface area contributed by atoms with E-state index in [4.69, 9.17) is 0 Å². The third kappa shape index (κ3) is 3.69. The van der Waals surface area contributed by atoms with Gasteiger partial charge in [0.25, 0.3) is 11.8 Å². The molecule has 6 nitrogen and oxygen atoms in total. The average Bonchev–Trinajstić information content (AvgIpc) is 2.96. The van der Waals surface area contributed by atoms with Gasteiger partial charge in [0.15, 0.2) is 0 Å². The lowest BCUT2D eigenvalue weighted by atomic mass is 10.0. The van der Waals surface area contributed by atoms with Crippen LogP contribution < -0.4 is 0 Å². The first-order valence-electron chi connectivity index (χ1n) is 8.82. The molecule has 0 spiro atoms. The smallest absolute Gasteiger partial charge is 0.262 e. The van der Waals surface area contributed by atoms with E-state index in [-0.39, 0.29) is 31.0 Å². The summed E-state index contributed by atoms with van der Waals surface area (Å²) in [5.41, 5.74) is 1.32. The van der Waals surface area contributed by atoms with Crippen molar-refractivity contribution in [2.45, 2.75) is 44.8 Å². The molecule has 3 heterocycles. The number of alkyl halides is 2.